The van der Waals surface area contributed by atoms with Crippen molar-refractivity contribution in [2.45, 2.75) is 57.2 Å². The van der Waals surface area contributed by atoms with Crippen LogP contribution in [0, 0.1) is 5.92 Å². The Labute approximate surface area is 162 Å². The first-order valence-corrected chi connectivity index (χ1v) is 10.9. The van der Waals surface area contributed by atoms with E-state index >= 15 is 0 Å². The van der Waals surface area contributed by atoms with Crippen molar-refractivity contribution in [3.8, 4) is 0 Å². The second-order valence-corrected chi connectivity index (χ2v) is 9.22. The summed E-state index contributed by atoms with van der Waals surface area (Å²) >= 11 is 1.94. The van der Waals surface area contributed by atoms with E-state index in [0.717, 1.165) is 37.4 Å². The van der Waals surface area contributed by atoms with E-state index in [0.29, 0.717) is 0 Å². The van der Waals surface area contributed by atoms with Crippen LogP contribution < -0.4 is 10.2 Å². The van der Waals surface area contributed by atoms with Gasteiger partial charge in [-0.1, -0.05) is 30.5 Å². The van der Waals surface area contributed by atoms with Gasteiger partial charge in [0.25, 0.3) is 0 Å². The minimum absolute atomic E-state index is 0.161. The van der Waals surface area contributed by atoms with Gasteiger partial charge in [0.2, 0.25) is 5.91 Å². The number of benzene rings is 1. The maximum absolute atomic E-state index is 12.8. The van der Waals surface area contributed by atoms with Crippen LogP contribution in [0.15, 0.2) is 24.3 Å². The van der Waals surface area contributed by atoms with E-state index in [-0.39, 0.29) is 17.4 Å². The number of carbonyl (C=O) groups is 1. The highest BCUT2D eigenvalue weighted by Gasteiger charge is 2.30. The Hall–Kier alpha value is -1.04. The zero-order valence-electron chi connectivity index (χ0n) is 16.5. The molecule has 0 spiro atoms. The Bertz CT molecular complexity index is 613. The Morgan fingerprint density at radius 1 is 1.31 bits per heavy atom. The number of piperidine rings is 2. The lowest BCUT2D eigenvalue weighted by Gasteiger charge is -2.41. The molecule has 0 radical (unpaired) electrons. The van der Waals surface area contributed by atoms with Gasteiger partial charge in [0.1, 0.15) is 0 Å². The second-order valence-electron chi connectivity index (χ2n) is 8.24. The lowest BCUT2D eigenvalue weighted by atomic mass is 9.93. The number of nitrogens with zero attached hydrogens (tertiary/aromatic N) is 2. The molecule has 26 heavy (non-hydrogen) atoms. The molecule has 4 nitrogen and oxygen atoms in total. The van der Waals surface area contributed by atoms with Crippen LogP contribution in [0.2, 0.25) is 0 Å². The molecule has 2 fully saturated rings. The van der Waals surface area contributed by atoms with E-state index in [9.17, 15) is 4.79 Å². The van der Waals surface area contributed by atoms with Gasteiger partial charge in [-0.25, -0.2) is 4.31 Å². The lowest BCUT2D eigenvalue weighted by Crippen LogP contribution is -2.42. The number of hydrogen-bond donors (Lipinski definition) is 1. The van der Waals surface area contributed by atoms with Gasteiger partial charge < -0.3 is 10.2 Å². The SMILES string of the molecule is CN(C(=O)C1CCNCC1)c1cccc(CSN2CCCCC2(C)C)c1. The number of rotatable bonds is 5. The van der Waals surface area contributed by atoms with Crippen LogP contribution in [-0.4, -0.2) is 42.4 Å². The molecule has 5 heteroatoms. The molecule has 1 aromatic rings. The van der Waals surface area contributed by atoms with Crippen molar-refractivity contribution in [3.63, 3.8) is 0 Å². The third-order valence-electron chi connectivity index (χ3n) is 5.78. The van der Waals surface area contributed by atoms with Gasteiger partial charge in [-0.2, -0.15) is 0 Å². The van der Waals surface area contributed by atoms with Gasteiger partial charge in [-0.3, -0.25) is 4.79 Å². The maximum Gasteiger partial charge on any atom is 0.229 e. The van der Waals surface area contributed by atoms with Crippen LogP contribution in [0.1, 0.15) is 51.5 Å². The Balaban J connectivity index is 1.61. The topological polar surface area (TPSA) is 35.6 Å². The fraction of sp³-hybridized carbons (Fsp3) is 0.667. The van der Waals surface area contributed by atoms with Crippen LogP contribution in [0.5, 0.6) is 0 Å². The molecule has 0 unspecified atom stereocenters. The summed E-state index contributed by atoms with van der Waals surface area (Å²) in [6, 6.07) is 8.50. The van der Waals surface area contributed by atoms with Crippen LogP contribution in [0.3, 0.4) is 0 Å². The summed E-state index contributed by atoms with van der Waals surface area (Å²) in [4.78, 5) is 14.6. The highest BCUT2D eigenvalue weighted by molar-refractivity contribution is 7.96. The molecule has 1 aromatic carbocycles. The molecule has 0 aliphatic carbocycles. The van der Waals surface area contributed by atoms with Crippen molar-refractivity contribution < 1.29 is 4.79 Å². The van der Waals surface area contributed by atoms with Crippen molar-refractivity contribution in [2.24, 2.45) is 5.92 Å². The Kier molecular flexibility index (Phi) is 6.65. The van der Waals surface area contributed by atoms with Crippen LogP contribution in [-0.2, 0) is 10.5 Å². The molecule has 2 aliphatic rings. The van der Waals surface area contributed by atoms with Crippen molar-refractivity contribution in [1.29, 1.82) is 0 Å². The molecular weight excluding hydrogens is 342 g/mol. The number of hydrogen-bond acceptors (Lipinski definition) is 4. The summed E-state index contributed by atoms with van der Waals surface area (Å²) < 4.78 is 2.55. The van der Waals surface area contributed by atoms with Crippen molar-refractivity contribution in [1.82, 2.24) is 9.62 Å². The molecule has 3 rings (SSSR count). The van der Waals surface area contributed by atoms with E-state index in [1.807, 2.05) is 23.9 Å². The fourth-order valence-electron chi connectivity index (χ4n) is 3.96. The molecule has 2 saturated heterocycles. The van der Waals surface area contributed by atoms with Crippen LogP contribution >= 0.6 is 11.9 Å². The van der Waals surface area contributed by atoms with E-state index in [2.05, 4.69) is 47.7 Å². The first-order chi connectivity index (χ1) is 12.5. The lowest BCUT2D eigenvalue weighted by molar-refractivity contribution is -0.122. The quantitative estimate of drug-likeness (QED) is 0.787. The number of amides is 1. The van der Waals surface area contributed by atoms with E-state index in [1.165, 1.54) is 31.4 Å². The molecule has 2 heterocycles. The molecule has 144 valence electrons. The third kappa shape index (κ3) is 4.81. The highest BCUT2D eigenvalue weighted by Crippen LogP contribution is 2.34. The van der Waals surface area contributed by atoms with Crippen molar-refractivity contribution in [3.05, 3.63) is 29.8 Å². The number of anilines is 1. The smallest absolute Gasteiger partial charge is 0.229 e. The average molecular weight is 376 g/mol. The second kappa shape index (κ2) is 8.77. The summed E-state index contributed by atoms with van der Waals surface area (Å²) in [5, 5.41) is 3.33. The number of nitrogens with one attached hydrogen (secondary N) is 1. The number of carbonyl (C=O) groups excluding carboxylic acids is 1. The molecule has 1 amide bonds. The van der Waals surface area contributed by atoms with Crippen LogP contribution in [0.25, 0.3) is 0 Å². The molecule has 0 bridgehead atoms. The summed E-state index contributed by atoms with van der Waals surface area (Å²) in [6.45, 7) is 7.77. The Morgan fingerprint density at radius 3 is 2.81 bits per heavy atom. The van der Waals surface area contributed by atoms with Crippen LogP contribution in [0.4, 0.5) is 5.69 Å². The molecule has 0 aromatic heterocycles. The van der Waals surface area contributed by atoms with Gasteiger partial charge in [-0.15, -0.1) is 0 Å². The van der Waals surface area contributed by atoms with Gasteiger partial charge in [-0.05, 0) is 70.3 Å². The van der Waals surface area contributed by atoms with E-state index in [1.54, 1.807) is 0 Å². The largest absolute Gasteiger partial charge is 0.317 e. The van der Waals surface area contributed by atoms with Gasteiger partial charge >= 0.3 is 0 Å². The maximum atomic E-state index is 12.8. The minimum Gasteiger partial charge on any atom is -0.317 e. The van der Waals surface area contributed by atoms with Crippen molar-refractivity contribution >= 4 is 23.5 Å². The normalized spacial score (nSPS) is 21.5. The first-order valence-electron chi connectivity index (χ1n) is 9.95. The van der Waals surface area contributed by atoms with Gasteiger partial charge in [0, 0.05) is 36.5 Å². The molecule has 0 atom stereocenters. The van der Waals surface area contributed by atoms with Gasteiger partial charge in [0.05, 0.1) is 0 Å². The predicted molar refractivity (Wildman–Crippen MR) is 111 cm³/mol. The summed E-state index contributed by atoms with van der Waals surface area (Å²) in [5.41, 5.74) is 2.59. The highest BCUT2D eigenvalue weighted by atomic mass is 32.2. The fourth-order valence-corrected chi connectivity index (χ4v) is 5.14. The standard InChI is InChI=1S/C21H33N3OS/c1-21(2)11-4-5-14-24(21)26-16-17-7-6-8-19(15-17)23(3)20(25)18-9-12-22-13-10-18/h6-8,15,18,22H,4-5,9-14,16H2,1-3H3. The molecular formula is C21H33N3OS. The molecule has 0 saturated carbocycles. The zero-order valence-corrected chi connectivity index (χ0v) is 17.3. The molecule has 1 N–H and O–H groups in total. The Morgan fingerprint density at radius 2 is 2.08 bits per heavy atom. The third-order valence-corrected chi connectivity index (χ3v) is 7.23. The van der Waals surface area contributed by atoms with Gasteiger partial charge in [0.15, 0.2) is 0 Å². The van der Waals surface area contributed by atoms with E-state index < -0.39 is 0 Å². The van der Waals surface area contributed by atoms with E-state index in [4.69, 9.17) is 0 Å². The monoisotopic (exact) mass is 375 g/mol. The summed E-state index contributed by atoms with van der Waals surface area (Å²) in [6.07, 6.45) is 5.80. The first kappa shape index (κ1) is 19.7. The summed E-state index contributed by atoms with van der Waals surface area (Å²) in [7, 11) is 1.92. The summed E-state index contributed by atoms with van der Waals surface area (Å²) in [5.74, 6) is 1.38. The average Bonchev–Trinajstić information content (AvgIpc) is 2.66. The predicted octanol–water partition coefficient (Wildman–Crippen LogP) is 4.06. The van der Waals surface area contributed by atoms with Crippen molar-refractivity contribution in [2.75, 3.05) is 31.6 Å². The molecule has 2 aliphatic heterocycles. The minimum atomic E-state index is 0.161. The zero-order chi connectivity index (χ0) is 18.6.